The minimum Gasteiger partial charge on any atom is -0.481 e. The highest BCUT2D eigenvalue weighted by Gasteiger charge is 2.43. The summed E-state index contributed by atoms with van der Waals surface area (Å²) < 4.78 is 5.76. The lowest BCUT2D eigenvalue weighted by atomic mass is 9.90. The second-order valence-corrected chi connectivity index (χ2v) is 7.16. The Balaban J connectivity index is 1.64. The number of nitrogens with one attached hydrogen (secondary N) is 1. The summed E-state index contributed by atoms with van der Waals surface area (Å²) in [4.78, 5) is 25.4. The predicted octanol–water partition coefficient (Wildman–Crippen LogP) is 2.68. The molecular formula is C17H21ClN2O4. The lowest BCUT2D eigenvalue weighted by Crippen LogP contribution is -2.46. The summed E-state index contributed by atoms with van der Waals surface area (Å²) in [7, 11) is 0. The van der Waals surface area contributed by atoms with Crippen molar-refractivity contribution >= 4 is 23.6 Å². The number of halogens is 1. The van der Waals surface area contributed by atoms with E-state index in [0.29, 0.717) is 24.6 Å². The maximum absolute atomic E-state index is 12.5. The number of hydrogen-bond donors (Lipinski definition) is 2. The number of carboxylic acids is 1. The highest BCUT2D eigenvalue weighted by Crippen LogP contribution is 2.32. The number of hydrogen-bond acceptors (Lipinski definition) is 3. The molecule has 2 saturated heterocycles. The van der Waals surface area contributed by atoms with Gasteiger partial charge in [-0.15, -0.1) is 0 Å². The zero-order chi connectivity index (χ0) is 17.3. The van der Waals surface area contributed by atoms with Crippen LogP contribution in [0.15, 0.2) is 24.3 Å². The molecule has 2 N–H and O–H groups in total. The molecule has 2 fully saturated rings. The van der Waals surface area contributed by atoms with Crippen LogP contribution in [0.3, 0.4) is 0 Å². The fraction of sp³-hybridized carbons (Fsp3) is 0.529. The smallest absolute Gasteiger partial charge is 0.317 e. The first-order valence-corrected chi connectivity index (χ1v) is 8.43. The van der Waals surface area contributed by atoms with Crippen molar-refractivity contribution in [1.82, 2.24) is 10.2 Å². The predicted molar refractivity (Wildman–Crippen MR) is 89.0 cm³/mol. The number of carbonyl (C=O) groups is 2. The summed E-state index contributed by atoms with van der Waals surface area (Å²) in [5.74, 6) is -0.860. The van der Waals surface area contributed by atoms with Crippen molar-refractivity contribution in [2.24, 2.45) is 5.41 Å². The van der Waals surface area contributed by atoms with E-state index in [1.807, 2.05) is 12.1 Å². The number of aliphatic carboxylic acids is 1. The Bertz CT molecular complexity index is 636. The van der Waals surface area contributed by atoms with Crippen LogP contribution >= 0.6 is 11.6 Å². The molecular weight excluding hydrogens is 332 g/mol. The highest BCUT2D eigenvalue weighted by molar-refractivity contribution is 6.30. The third-order valence-electron chi connectivity index (χ3n) is 4.88. The van der Waals surface area contributed by atoms with Gasteiger partial charge in [0.15, 0.2) is 0 Å². The monoisotopic (exact) mass is 352 g/mol. The summed E-state index contributed by atoms with van der Waals surface area (Å²) in [5.41, 5.74) is 0.109. The van der Waals surface area contributed by atoms with E-state index in [1.54, 1.807) is 24.0 Å². The van der Waals surface area contributed by atoms with Crippen molar-refractivity contribution in [3.8, 4) is 0 Å². The van der Waals surface area contributed by atoms with Gasteiger partial charge >= 0.3 is 12.0 Å². The Morgan fingerprint density at radius 1 is 1.38 bits per heavy atom. The van der Waals surface area contributed by atoms with Crippen LogP contribution in [0.4, 0.5) is 4.79 Å². The molecule has 1 aromatic carbocycles. The lowest BCUT2D eigenvalue weighted by Gasteiger charge is -2.25. The molecule has 3 rings (SSSR count). The zero-order valence-electron chi connectivity index (χ0n) is 13.5. The van der Waals surface area contributed by atoms with Gasteiger partial charge in [-0.25, -0.2) is 4.79 Å². The molecule has 0 aromatic heterocycles. The third kappa shape index (κ3) is 3.35. The summed E-state index contributed by atoms with van der Waals surface area (Å²) in [6, 6.07) is 7.04. The van der Waals surface area contributed by atoms with Gasteiger partial charge < -0.3 is 20.1 Å². The van der Waals surface area contributed by atoms with Crippen molar-refractivity contribution < 1.29 is 19.4 Å². The fourth-order valence-electron chi connectivity index (χ4n) is 3.28. The molecule has 2 aliphatic rings. The maximum atomic E-state index is 12.5. The lowest BCUT2D eigenvalue weighted by molar-refractivity contribution is -0.147. The van der Waals surface area contributed by atoms with Gasteiger partial charge in [0.05, 0.1) is 11.5 Å². The Morgan fingerprint density at radius 3 is 2.71 bits per heavy atom. The van der Waals surface area contributed by atoms with E-state index in [0.717, 1.165) is 12.0 Å². The minimum atomic E-state index is -0.862. The Labute approximate surface area is 145 Å². The van der Waals surface area contributed by atoms with Crippen molar-refractivity contribution in [3.63, 3.8) is 0 Å². The normalized spacial score (nSPS) is 29.7. The number of ether oxygens (including phenoxy) is 1. The number of nitrogens with zero attached hydrogens (tertiary/aromatic N) is 1. The maximum Gasteiger partial charge on any atom is 0.317 e. The molecule has 1 aromatic rings. The van der Waals surface area contributed by atoms with E-state index in [1.165, 1.54) is 0 Å². The van der Waals surface area contributed by atoms with Crippen molar-refractivity contribution in [2.45, 2.75) is 31.9 Å². The Kier molecular flexibility index (Phi) is 4.69. The average molecular weight is 353 g/mol. The van der Waals surface area contributed by atoms with E-state index in [2.05, 4.69) is 5.32 Å². The molecule has 0 saturated carbocycles. The molecule has 24 heavy (non-hydrogen) atoms. The topological polar surface area (TPSA) is 78.9 Å². The third-order valence-corrected chi connectivity index (χ3v) is 5.13. The van der Waals surface area contributed by atoms with E-state index in [9.17, 15) is 14.7 Å². The number of rotatable bonds is 3. The fourth-order valence-corrected chi connectivity index (χ4v) is 3.40. The highest BCUT2D eigenvalue weighted by atomic mass is 35.5. The molecule has 6 nitrogen and oxygen atoms in total. The Hall–Kier alpha value is -1.79. The van der Waals surface area contributed by atoms with Crippen LogP contribution in [0.2, 0.25) is 5.02 Å². The number of carbonyl (C=O) groups excluding carboxylic acids is 1. The van der Waals surface area contributed by atoms with Crippen LogP contribution in [0.1, 0.15) is 31.4 Å². The van der Waals surface area contributed by atoms with E-state index in [4.69, 9.17) is 16.3 Å². The minimum absolute atomic E-state index is 0.129. The molecule has 0 aliphatic carbocycles. The van der Waals surface area contributed by atoms with Gasteiger partial charge in [0.25, 0.3) is 0 Å². The van der Waals surface area contributed by atoms with Gasteiger partial charge in [-0.05, 0) is 37.5 Å². The van der Waals surface area contributed by atoms with Crippen molar-refractivity contribution in [2.75, 3.05) is 19.7 Å². The van der Waals surface area contributed by atoms with Gasteiger partial charge in [-0.3, -0.25) is 4.79 Å². The van der Waals surface area contributed by atoms with Crippen LogP contribution in [-0.4, -0.2) is 47.7 Å². The first-order chi connectivity index (χ1) is 11.4. The summed E-state index contributed by atoms with van der Waals surface area (Å²) in [6.07, 6.45) is 0.986. The second kappa shape index (κ2) is 6.61. The van der Waals surface area contributed by atoms with Gasteiger partial charge in [-0.2, -0.15) is 0 Å². The first-order valence-electron chi connectivity index (χ1n) is 8.05. The van der Waals surface area contributed by atoms with E-state index in [-0.39, 0.29) is 24.7 Å². The number of urea groups is 1. The number of likely N-dealkylation sites (tertiary alicyclic amines) is 1. The van der Waals surface area contributed by atoms with E-state index < -0.39 is 11.4 Å². The van der Waals surface area contributed by atoms with Gasteiger partial charge in [0.1, 0.15) is 6.10 Å². The van der Waals surface area contributed by atoms with Crippen LogP contribution < -0.4 is 5.32 Å². The molecule has 0 radical (unpaired) electrons. The summed E-state index contributed by atoms with van der Waals surface area (Å²) >= 11 is 5.91. The molecule has 3 atom stereocenters. The Morgan fingerprint density at radius 2 is 2.08 bits per heavy atom. The van der Waals surface area contributed by atoms with Crippen LogP contribution in [-0.2, 0) is 9.53 Å². The van der Waals surface area contributed by atoms with Crippen LogP contribution in [0, 0.1) is 5.41 Å². The van der Waals surface area contributed by atoms with Crippen LogP contribution in [0.25, 0.3) is 0 Å². The molecule has 3 unspecified atom stereocenters. The number of benzene rings is 1. The zero-order valence-corrected chi connectivity index (χ0v) is 14.3. The SMILES string of the molecule is CC1(C(=O)O)CCN(C(=O)NC2CCOC2c2ccc(Cl)cc2)C1. The standard InChI is InChI=1S/C17H21ClN2O4/c1-17(15(21)22)7-8-20(10-17)16(23)19-13-6-9-24-14(13)11-2-4-12(18)5-3-11/h2-5,13-14H,6-10H2,1H3,(H,19,23)(H,21,22). The summed E-state index contributed by atoms with van der Waals surface area (Å²) in [6.45, 7) is 2.93. The van der Waals surface area contributed by atoms with E-state index >= 15 is 0 Å². The number of amides is 2. The summed E-state index contributed by atoms with van der Waals surface area (Å²) in [5, 5.41) is 12.9. The molecule has 130 valence electrons. The molecule has 2 amide bonds. The van der Waals surface area contributed by atoms with Crippen molar-refractivity contribution in [3.05, 3.63) is 34.9 Å². The first kappa shape index (κ1) is 17.0. The second-order valence-electron chi connectivity index (χ2n) is 6.72. The molecule has 2 heterocycles. The number of carboxylic acid groups (broad SMARTS) is 1. The van der Waals surface area contributed by atoms with Gasteiger partial charge in [0.2, 0.25) is 0 Å². The van der Waals surface area contributed by atoms with Crippen molar-refractivity contribution in [1.29, 1.82) is 0 Å². The molecule has 7 heteroatoms. The van der Waals surface area contributed by atoms with Crippen LogP contribution in [0.5, 0.6) is 0 Å². The molecule has 0 spiro atoms. The quantitative estimate of drug-likeness (QED) is 0.876. The largest absolute Gasteiger partial charge is 0.481 e. The van der Waals surface area contributed by atoms with Gasteiger partial charge in [0, 0.05) is 24.7 Å². The van der Waals surface area contributed by atoms with Gasteiger partial charge in [-0.1, -0.05) is 23.7 Å². The average Bonchev–Trinajstić information content (AvgIpc) is 3.16. The molecule has 0 bridgehead atoms. The molecule has 2 aliphatic heterocycles.